The van der Waals surface area contributed by atoms with Crippen molar-refractivity contribution in [3.63, 3.8) is 0 Å². The summed E-state index contributed by atoms with van der Waals surface area (Å²) in [5.74, 6) is 0.417. The minimum atomic E-state index is -0.262. The summed E-state index contributed by atoms with van der Waals surface area (Å²) in [5, 5.41) is 3.83. The first-order valence-corrected chi connectivity index (χ1v) is 8.98. The van der Waals surface area contributed by atoms with Crippen molar-refractivity contribution in [1.82, 2.24) is 9.55 Å². The van der Waals surface area contributed by atoms with E-state index < -0.39 is 0 Å². The summed E-state index contributed by atoms with van der Waals surface area (Å²) in [4.78, 5) is 16.1. The molecule has 1 aromatic heterocycles. The summed E-state index contributed by atoms with van der Waals surface area (Å²) in [6.07, 6.45) is 8.41. The lowest BCUT2D eigenvalue weighted by molar-refractivity contribution is -0.111. The molecule has 0 saturated carbocycles. The normalized spacial score (nSPS) is 10.9. The van der Waals surface area contributed by atoms with Crippen LogP contribution < -0.4 is 10.1 Å². The van der Waals surface area contributed by atoms with Crippen molar-refractivity contribution < 1.29 is 9.53 Å². The van der Waals surface area contributed by atoms with Crippen molar-refractivity contribution in [3.05, 3.63) is 82.9 Å². The summed E-state index contributed by atoms with van der Waals surface area (Å²) >= 11 is 11.9. The molecule has 0 spiro atoms. The van der Waals surface area contributed by atoms with Gasteiger partial charge in [-0.05, 0) is 42.0 Å². The first kappa shape index (κ1) is 19.0. The number of anilines is 1. The first-order chi connectivity index (χ1) is 13.1. The fourth-order valence-corrected chi connectivity index (χ4v) is 2.92. The summed E-state index contributed by atoms with van der Waals surface area (Å²) in [7, 11) is 0. The standard InChI is InChI=1S/C20H17Cl2N3O2/c21-16-10-15(11-17(22)12-16)4-5-20(26)24-18-2-1-3-19(13-18)27-9-8-25-7-6-23-14-25/h1-7,10-14H,8-9H2,(H,24,26)/b5-4+. The van der Waals surface area contributed by atoms with Crippen LogP contribution in [0.2, 0.25) is 10.0 Å². The number of hydrogen-bond donors (Lipinski definition) is 1. The molecule has 2 aromatic carbocycles. The van der Waals surface area contributed by atoms with Gasteiger partial charge >= 0.3 is 0 Å². The third-order valence-electron chi connectivity index (χ3n) is 3.59. The van der Waals surface area contributed by atoms with Crippen LogP contribution in [-0.2, 0) is 11.3 Å². The van der Waals surface area contributed by atoms with E-state index in [0.29, 0.717) is 34.6 Å². The number of ether oxygens (including phenoxy) is 1. The lowest BCUT2D eigenvalue weighted by Gasteiger charge is -2.09. The van der Waals surface area contributed by atoms with E-state index in [-0.39, 0.29) is 5.91 Å². The number of rotatable bonds is 7. The van der Waals surface area contributed by atoms with Gasteiger partial charge in [-0.25, -0.2) is 4.98 Å². The van der Waals surface area contributed by atoms with Gasteiger partial charge in [0.05, 0.1) is 12.9 Å². The summed E-state index contributed by atoms with van der Waals surface area (Å²) < 4.78 is 7.64. The second-order valence-corrected chi connectivity index (χ2v) is 6.58. The molecule has 27 heavy (non-hydrogen) atoms. The predicted molar refractivity (Wildman–Crippen MR) is 108 cm³/mol. The molecule has 1 N–H and O–H groups in total. The average Bonchev–Trinajstić information content (AvgIpc) is 3.13. The molecule has 0 bridgehead atoms. The Morgan fingerprint density at radius 3 is 2.74 bits per heavy atom. The Bertz CT molecular complexity index is 920. The molecule has 0 fully saturated rings. The maximum atomic E-state index is 12.1. The topological polar surface area (TPSA) is 56.1 Å². The summed E-state index contributed by atoms with van der Waals surface area (Å²) in [6.45, 7) is 1.20. The van der Waals surface area contributed by atoms with Gasteiger partial charge < -0.3 is 14.6 Å². The SMILES string of the molecule is O=C(/C=C/c1cc(Cl)cc(Cl)c1)Nc1cccc(OCCn2ccnc2)c1. The Hall–Kier alpha value is -2.76. The van der Waals surface area contributed by atoms with E-state index in [1.807, 2.05) is 22.9 Å². The molecule has 3 aromatic rings. The van der Waals surface area contributed by atoms with E-state index in [2.05, 4.69) is 10.3 Å². The minimum Gasteiger partial charge on any atom is -0.492 e. The molecule has 1 amide bonds. The van der Waals surface area contributed by atoms with Crippen molar-refractivity contribution in [3.8, 4) is 5.75 Å². The maximum Gasteiger partial charge on any atom is 0.248 e. The van der Waals surface area contributed by atoms with Crippen LogP contribution in [0.3, 0.4) is 0 Å². The molecule has 7 heteroatoms. The van der Waals surface area contributed by atoms with E-state index in [1.165, 1.54) is 6.08 Å². The zero-order chi connectivity index (χ0) is 19.1. The zero-order valence-corrected chi connectivity index (χ0v) is 15.8. The molecule has 0 unspecified atom stereocenters. The largest absolute Gasteiger partial charge is 0.492 e. The second kappa shape index (κ2) is 9.26. The van der Waals surface area contributed by atoms with E-state index in [0.717, 1.165) is 5.56 Å². The quantitative estimate of drug-likeness (QED) is 0.571. The number of aromatic nitrogens is 2. The number of nitrogens with zero attached hydrogens (tertiary/aromatic N) is 2. The Kier molecular flexibility index (Phi) is 6.52. The van der Waals surface area contributed by atoms with Crippen molar-refractivity contribution in [2.45, 2.75) is 6.54 Å². The Balaban J connectivity index is 1.55. The van der Waals surface area contributed by atoms with Crippen LogP contribution >= 0.6 is 23.2 Å². The monoisotopic (exact) mass is 401 g/mol. The van der Waals surface area contributed by atoms with Crippen LogP contribution in [0, 0.1) is 0 Å². The highest BCUT2D eigenvalue weighted by Gasteiger charge is 2.02. The molecular formula is C20H17Cl2N3O2. The number of amides is 1. The number of benzene rings is 2. The van der Waals surface area contributed by atoms with Gasteiger partial charge in [-0.1, -0.05) is 29.3 Å². The van der Waals surface area contributed by atoms with E-state index in [4.69, 9.17) is 27.9 Å². The number of nitrogens with one attached hydrogen (secondary N) is 1. The van der Waals surface area contributed by atoms with Crippen LogP contribution in [0.1, 0.15) is 5.56 Å². The molecular weight excluding hydrogens is 385 g/mol. The molecule has 0 aliphatic heterocycles. The molecule has 138 valence electrons. The Morgan fingerprint density at radius 1 is 1.19 bits per heavy atom. The van der Waals surface area contributed by atoms with Crippen LogP contribution in [0.25, 0.3) is 6.08 Å². The van der Waals surface area contributed by atoms with E-state index in [1.54, 1.807) is 48.9 Å². The van der Waals surface area contributed by atoms with Crippen molar-refractivity contribution >= 4 is 40.9 Å². The first-order valence-electron chi connectivity index (χ1n) is 8.22. The smallest absolute Gasteiger partial charge is 0.248 e. The van der Waals surface area contributed by atoms with E-state index >= 15 is 0 Å². The van der Waals surface area contributed by atoms with Crippen molar-refractivity contribution in [2.24, 2.45) is 0 Å². The molecule has 0 aliphatic rings. The molecule has 1 heterocycles. The number of hydrogen-bond acceptors (Lipinski definition) is 3. The van der Waals surface area contributed by atoms with E-state index in [9.17, 15) is 4.79 Å². The Morgan fingerprint density at radius 2 is 2.00 bits per heavy atom. The van der Waals surface area contributed by atoms with Crippen molar-refractivity contribution in [1.29, 1.82) is 0 Å². The summed E-state index contributed by atoms with van der Waals surface area (Å²) in [5.41, 5.74) is 1.40. The number of carbonyl (C=O) groups excluding carboxylic acids is 1. The average molecular weight is 402 g/mol. The highest BCUT2D eigenvalue weighted by molar-refractivity contribution is 6.34. The maximum absolute atomic E-state index is 12.1. The highest BCUT2D eigenvalue weighted by atomic mass is 35.5. The van der Waals surface area contributed by atoms with Gasteiger partial charge in [0, 0.05) is 40.3 Å². The van der Waals surface area contributed by atoms with Gasteiger partial charge in [0.25, 0.3) is 0 Å². The molecule has 0 saturated heterocycles. The molecule has 0 radical (unpaired) electrons. The highest BCUT2D eigenvalue weighted by Crippen LogP contribution is 2.20. The molecule has 0 atom stereocenters. The van der Waals surface area contributed by atoms with Gasteiger partial charge in [-0.15, -0.1) is 0 Å². The number of carbonyl (C=O) groups is 1. The number of halogens is 2. The molecule has 0 aliphatic carbocycles. The van der Waals surface area contributed by atoms with Gasteiger partial charge in [0.1, 0.15) is 12.4 Å². The third-order valence-corrected chi connectivity index (χ3v) is 4.03. The zero-order valence-electron chi connectivity index (χ0n) is 14.3. The number of imidazole rings is 1. The second-order valence-electron chi connectivity index (χ2n) is 5.70. The van der Waals surface area contributed by atoms with Gasteiger partial charge in [0.2, 0.25) is 5.91 Å². The van der Waals surface area contributed by atoms with Gasteiger partial charge in [-0.3, -0.25) is 4.79 Å². The fraction of sp³-hybridized carbons (Fsp3) is 0.100. The lowest BCUT2D eigenvalue weighted by Crippen LogP contribution is -2.09. The molecule has 3 rings (SSSR count). The predicted octanol–water partition coefficient (Wildman–Crippen LogP) is 4.92. The van der Waals surface area contributed by atoms with Gasteiger partial charge in [0.15, 0.2) is 0 Å². The summed E-state index contributed by atoms with van der Waals surface area (Å²) in [6, 6.07) is 12.3. The lowest BCUT2D eigenvalue weighted by atomic mass is 10.2. The van der Waals surface area contributed by atoms with Crippen LogP contribution in [0.5, 0.6) is 5.75 Å². The van der Waals surface area contributed by atoms with Gasteiger partial charge in [-0.2, -0.15) is 0 Å². The van der Waals surface area contributed by atoms with Crippen LogP contribution in [0.15, 0.2) is 67.3 Å². The van der Waals surface area contributed by atoms with Crippen LogP contribution in [-0.4, -0.2) is 22.1 Å². The van der Waals surface area contributed by atoms with Crippen molar-refractivity contribution in [2.75, 3.05) is 11.9 Å². The third kappa shape index (κ3) is 6.16. The fourth-order valence-electron chi connectivity index (χ4n) is 2.38. The van der Waals surface area contributed by atoms with Crippen LogP contribution in [0.4, 0.5) is 5.69 Å². The Labute approximate surface area is 167 Å². The molecule has 5 nitrogen and oxygen atoms in total. The minimum absolute atomic E-state index is 0.262.